The van der Waals surface area contributed by atoms with Crippen LogP contribution in [0.1, 0.15) is 41.5 Å². The van der Waals surface area contributed by atoms with Crippen LogP contribution in [0.4, 0.5) is 0 Å². The number of carboxylic acid groups (broad SMARTS) is 1. The highest BCUT2D eigenvalue weighted by molar-refractivity contribution is 6.33. The van der Waals surface area contributed by atoms with Gasteiger partial charge in [-0.2, -0.15) is 5.26 Å². The maximum atomic E-state index is 11.1. The van der Waals surface area contributed by atoms with Crippen LogP contribution in [0.25, 0.3) is 5.69 Å². The van der Waals surface area contributed by atoms with Crippen molar-refractivity contribution in [2.75, 3.05) is 0 Å². The normalized spacial score (nSPS) is 10.6. The third-order valence-corrected chi connectivity index (χ3v) is 3.11. The van der Waals surface area contributed by atoms with Gasteiger partial charge in [-0.3, -0.25) is 0 Å². The first-order chi connectivity index (χ1) is 9.45. The van der Waals surface area contributed by atoms with E-state index < -0.39 is 5.97 Å². The van der Waals surface area contributed by atoms with Crippen molar-refractivity contribution in [1.29, 1.82) is 5.26 Å². The minimum absolute atomic E-state index is 0.0172. The third-order valence-electron chi connectivity index (χ3n) is 2.78. The Hall–Kier alpha value is -2.39. The number of rotatable bonds is 3. The molecule has 2 aromatic rings. The van der Waals surface area contributed by atoms with Crippen molar-refractivity contribution < 1.29 is 9.90 Å². The second-order valence-corrected chi connectivity index (χ2v) is 4.88. The highest BCUT2D eigenvalue weighted by Gasteiger charge is 2.18. The van der Waals surface area contributed by atoms with Gasteiger partial charge in [0.1, 0.15) is 6.07 Å². The number of halogens is 1. The van der Waals surface area contributed by atoms with Crippen molar-refractivity contribution in [1.82, 2.24) is 15.0 Å². The van der Waals surface area contributed by atoms with Gasteiger partial charge in [0.15, 0.2) is 5.69 Å². The third kappa shape index (κ3) is 2.36. The summed E-state index contributed by atoms with van der Waals surface area (Å²) in [5.74, 6) is -1.10. The SMILES string of the molecule is CC(C)c1c(C#N)nnn1-c1ccc(Cl)c(C(=O)O)c1. The van der Waals surface area contributed by atoms with Gasteiger partial charge in [-0.25, -0.2) is 9.48 Å². The van der Waals surface area contributed by atoms with Crippen LogP contribution in [-0.2, 0) is 0 Å². The molecular weight excluding hydrogens is 280 g/mol. The first-order valence-electron chi connectivity index (χ1n) is 5.84. The Morgan fingerprint density at radius 2 is 2.20 bits per heavy atom. The van der Waals surface area contributed by atoms with Crippen molar-refractivity contribution in [3.05, 3.63) is 40.2 Å². The maximum absolute atomic E-state index is 11.1. The van der Waals surface area contributed by atoms with E-state index in [9.17, 15) is 4.79 Å². The molecule has 0 bridgehead atoms. The standard InChI is InChI=1S/C13H11ClN4O2/c1-7(2)12-11(6-15)16-17-18(12)8-3-4-10(14)9(5-8)13(19)20/h3-5,7H,1-2H3,(H,19,20). The predicted molar refractivity (Wildman–Crippen MR) is 72.1 cm³/mol. The predicted octanol–water partition coefficient (Wildman–Crippen LogP) is 2.61. The summed E-state index contributed by atoms with van der Waals surface area (Å²) in [6.07, 6.45) is 0. The quantitative estimate of drug-likeness (QED) is 0.938. The molecule has 0 aliphatic rings. The Balaban J connectivity index is 2.64. The van der Waals surface area contributed by atoms with Gasteiger partial charge < -0.3 is 5.11 Å². The van der Waals surface area contributed by atoms with E-state index in [4.69, 9.17) is 22.0 Å². The van der Waals surface area contributed by atoms with E-state index in [0.717, 1.165) is 0 Å². The minimum atomic E-state index is -1.12. The lowest BCUT2D eigenvalue weighted by Crippen LogP contribution is -2.07. The van der Waals surface area contributed by atoms with E-state index in [1.807, 2.05) is 19.9 Å². The molecule has 0 saturated carbocycles. The van der Waals surface area contributed by atoms with Crippen molar-refractivity contribution >= 4 is 17.6 Å². The number of carboxylic acids is 1. The zero-order valence-corrected chi connectivity index (χ0v) is 11.6. The number of benzene rings is 1. The first-order valence-corrected chi connectivity index (χ1v) is 6.22. The Morgan fingerprint density at radius 1 is 1.50 bits per heavy atom. The smallest absolute Gasteiger partial charge is 0.337 e. The van der Waals surface area contributed by atoms with E-state index in [0.29, 0.717) is 11.4 Å². The lowest BCUT2D eigenvalue weighted by molar-refractivity contribution is 0.0697. The summed E-state index contributed by atoms with van der Waals surface area (Å²) in [6.45, 7) is 3.81. The lowest BCUT2D eigenvalue weighted by atomic mass is 10.1. The van der Waals surface area contributed by atoms with Crippen molar-refractivity contribution in [3.8, 4) is 11.8 Å². The average Bonchev–Trinajstić information content (AvgIpc) is 2.82. The molecule has 0 spiro atoms. The molecule has 0 amide bonds. The number of aromatic nitrogens is 3. The van der Waals surface area contributed by atoms with Crippen LogP contribution in [-0.4, -0.2) is 26.1 Å². The van der Waals surface area contributed by atoms with Crippen LogP contribution in [0.2, 0.25) is 5.02 Å². The van der Waals surface area contributed by atoms with E-state index in [1.165, 1.54) is 16.8 Å². The molecule has 0 atom stereocenters. The molecule has 1 aromatic heterocycles. The van der Waals surface area contributed by atoms with Gasteiger partial charge in [-0.1, -0.05) is 30.7 Å². The Morgan fingerprint density at radius 3 is 2.75 bits per heavy atom. The zero-order valence-electron chi connectivity index (χ0n) is 10.8. The fraction of sp³-hybridized carbons (Fsp3) is 0.231. The van der Waals surface area contributed by atoms with Gasteiger partial charge in [0.25, 0.3) is 0 Å². The Kier molecular flexibility index (Phi) is 3.72. The maximum Gasteiger partial charge on any atom is 0.337 e. The highest BCUT2D eigenvalue weighted by atomic mass is 35.5. The molecule has 0 radical (unpaired) electrons. The number of hydrogen-bond donors (Lipinski definition) is 1. The van der Waals surface area contributed by atoms with Gasteiger partial charge in [0.05, 0.1) is 22.0 Å². The summed E-state index contributed by atoms with van der Waals surface area (Å²) in [5, 5.41) is 26.0. The molecule has 6 nitrogen and oxygen atoms in total. The van der Waals surface area contributed by atoms with Crippen molar-refractivity contribution in [2.24, 2.45) is 0 Å². The van der Waals surface area contributed by atoms with Crippen LogP contribution in [0.5, 0.6) is 0 Å². The number of aromatic carboxylic acids is 1. The molecule has 1 aromatic carbocycles. The molecule has 102 valence electrons. The van der Waals surface area contributed by atoms with E-state index in [1.54, 1.807) is 6.07 Å². The molecule has 0 aliphatic carbocycles. The summed E-state index contributed by atoms with van der Waals surface area (Å²) in [4.78, 5) is 11.1. The lowest BCUT2D eigenvalue weighted by Gasteiger charge is -2.10. The fourth-order valence-electron chi connectivity index (χ4n) is 1.89. The molecule has 0 fully saturated rings. The number of nitrogens with zero attached hydrogens (tertiary/aromatic N) is 4. The fourth-order valence-corrected chi connectivity index (χ4v) is 2.08. The highest BCUT2D eigenvalue weighted by Crippen LogP contribution is 2.24. The number of nitriles is 1. The van der Waals surface area contributed by atoms with Crippen molar-refractivity contribution in [2.45, 2.75) is 19.8 Å². The average molecular weight is 291 g/mol. The molecule has 20 heavy (non-hydrogen) atoms. The molecule has 7 heteroatoms. The topological polar surface area (TPSA) is 91.8 Å². The molecule has 2 rings (SSSR count). The summed E-state index contributed by atoms with van der Waals surface area (Å²) in [6, 6.07) is 6.51. The monoisotopic (exact) mass is 290 g/mol. The van der Waals surface area contributed by atoms with Gasteiger partial charge in [0, 0.05) is 0 Å². The van der Waals surface area contributed by atoms with Gasteiger partial charge in [0.2, 0.25) is 0 Å². The molecule has 1 heterocycles. The minimum Gasteiger partial charge on any atom is -0.478 e. The molecule has 0 saturated heterocycles. The van der Waals surface area contributed by atoms with Crippen LogP contribution in [0.3, 0.4) is 0 Å². The Bertz CT molecular complexity index is 716. The summed E-state index contributed by atoms with van der Waals surface area (Å²) < 4.78 is 1.46. The van der Waals surface area contributed by atoms with Gasteiger partial charge in [-0.05, 0) is 24.1 Å². The van der Waals surface area contributed by atoms with E-state index >= 15 is 0 Å². The summed E-state index contributed by atoms with van der Waals surface area (Å²) >= 11 is 5.84. The van der Waals surface area contributed by atoms with Crippen LogP contribution in [0, 0.1) is 11.3 Å². The second kappa shape index (κ2) is 5.31. The summed E-state index contributed by atoms with van der Waals surface area (Å²) in [7, 11) is 0. The van der Waals surface area contributed by atoms with E-state index in [-0.39, 0.29) is 22.2 Å². The number of carbonyl (C=O) groups is 1. The van der Waals surface area contributed by atoms with Crippen LogP contribution >= 0.6 is 11.6 Å². The Labute approximate surface area is 120 Å². The van der Waals surface area contributed by atoms with Gasteiger partial charge in [-0.15, -0.1) is 5.10 Å². The molecule has 0 aliphatic heterocycles. The first kappa shape index (κ1) is 14.0. The van der Waals surface area contributed by atoms with E-state index in [2.05, 4.69) is 10.3 Å². The zero-order chi connectivity index (χ0) is 14.9. The number of hydrogen-bond acceptors (Lipinski definition) is 4. The molecule has 0 unspecified atom stereocenters. The second-order valence-electron chi connectivity index (χ2n) is 4.47. The largest absolute Gasteiger partial charge is 0.478 e. The molecular formula is C13H11ClN4O2. The van der Waals surface area contributed by atoms with Crippen LogP contribution in [0.15, 0.2) is 18.2 Å². The van der Waals surface area contributed by atoms with Crippen molar-refractivity contribution in [3.63, 3.8) is 0 Å². The van der Waals surface area contributed by atoms with Crippen LogP contribution < -0.4 is 0 Å². The van der Waals surface area contributed by atoms with Gasteiger partial charge >= 0.3 is 5.97 Å². The molecule has 1 N–H and O–H groups in total. The summed E-state index contributed by atoms with van der Waals surface area (Å²) in [5.41, 5.74) is 1.34.